The van der Waals surface area contributed by atoms with Gasteiger partial charge in [0.2, 0.25) is 0 Å². The maximum absolute atomic E-state index is 12.3. The molecule has 0 unspecified atom stereocenters. The Bertz CT molecular complexity index is 982. The van der Waals surface area contributed by atoms with Crippen molar-refractivity contribution in [2.24, 2.45) is 0 Å². The monoisotopic (exact) mass is 380 g/mol. The number of urea groups is 1. The normalized spacial score (nSPS) is 10.4. The molecule has 0 aliphatic heterocycles. The Kier molecular flexibility index (Phi) is 5.84. The number of hydrogen-bond donors (Lipinski definition) is 2. The molecular weight excluding hydrogens is 356 g/mol. The summed E-state index contributed by atoms with van der Waals surface area (Å²) in [7, 11) is 3.17. The Morgan fingerprint density at radius 3 is 2.50 bits per heavy atom. The van der Waals surface area contributed by atoms with E-state index in [1.807, 2.05) is 67.1 Å². The van der Waals surface area contributed by atoms with Gasteiger partial charge in [0, 0.05) is 17.9 Å². The molecule has 0 saturated carbocycles. The zero-order valence-corrected chi connectivity index (χ0v) is 16.4. The fraction of sp³-hybridized carbons (Fsp3) is 0.238. The van der Waals surface area contributed by atoms with Gasteiger partial charge in [0.25, 0.3) is 0 Å². The van der Waals surface area contributed by atoms with Crippen LogP contribution in [0.3, 0.4) is 0 Å². The van der Waals surface area contributed by atoms with Crippen molar-refractivity contribution in [1.29, 1.82) is 0 Å². The van der Waals surface area contributed by atoms with Gasteiger partial charge in [-0.3, -0.25) is 0 Å². The summed E-state index contributed by atoms with van der Waals surface area (Å²) in [5, 5.41) is 10.2. The van der Waals surface area contributed by atoms with E-state index in [-0.39, 0.29) is 6.03 Å². The Hall–Kier alpha value is -3.48. The second-order valence-corrected chi connectivity index (χ2v) is 6.39. The molecular formula is C21H24N4O3. The first-order valence-corrected chi connectivity index (χ1v) is 8.89. The summed E-state index contributed by atoms with van der Waals surface area (Å²) < 4.78 is 12.4. The van der Waals surface area contributed by atoms with Gasteiger partial charge < -0.3 is 20.1 Å². The van der Waals surface area contributed by atoms with Crippen LogP contribution in [0.2, 0.25) is 0 Å². The maximum atomic E-state index is 12.3. The fourth-order valence-electron chi connectivity index (χ4n) is 2.95. The maximum Gasteiger partial charge on any atom is 0.319 e. The molecule has 2 N–H and O–H groups in total. The molecule has 2 amide bonds. The molecule has 7 heteroatoms. The molecule has 0 aliphatic carbocycles. The standard InChI is InChI=1S/C21H24N4O3/c1-14-10-15(2)25(24-14)18-7-5-6-17(12-18)23-21(26)22-13-16-8-9-19(27-3)20(11-16)28-4/h5-12H,13H2,1-4H3,(H2,22,23,26). The Morgan fingerprint density at radius 2 is 1.82 bits per heavy atom. The predicted octanol–water partition coefficient (Wildman–Crippen LogP) is 3.83. The molecule has 0 radical (unpaired) electrons. The van der Waals surface area contributed by atoms with E-state index in [1.165, 1.54) is 0 Å². The third-order valence-electron chi connectivity index (χ3n) is 4.26. The van der Waals surface area contributed by atoms with Crippen molar-refractivity contribution in [2.75, 3.05) is 19.5 Å². The van der Waals surface area contributed by atoms with Crippen LogP contribution in [0.25, 0.3) is 5.69 Å². The summed E-state index contributed by atoms with van der Waals surface area (Å²) in [5.41, 5.74) is 4.47. The molecule has 0 saturated heterocycles. The summed E-state index contributed by atoms with van der Waals surface area (Å²) >= 11 is 0. The van der Waals surface area contributed by atoms with Crippen LogP contribution in [-0.2, 0) is 6.54 Å². The van der Waals surface area contributed by atoms with E-state index in [4.69, 9.17) is 9.47 Å². The highest BCUT2D eigenvalue weighted by Crippen LogP contribution is 2.27. The van der Waals surface area contributed by atoms with E-state index in [9.17, 15) is 4.79 Å². The van der Waals surface area contributed by atoms with Crippen molar-refractivity contribution in [3.05, 3.63) is 65.5 Å². The molecule has 1 aromatic heterocycles. The Labute approximate surface area is 164 Å². The van der Waals surface area contributed by atoms with Gasteiger partial charge in [-0.2, -0.15) is 5.10 Å². The number of carbonyl (C=O) groups is 1. The summed E-state index contributed by atoms with van der Waals surface area (Å²) in [6.07, 6.45) is 0. The molecule has 0 spiro atoms. The lowest BCUT2D eigenvalue weighted by molar-refractivity contribution is 0.251. The Balaban J connectivity index is 1.64. The molecule has 7 nitrogen and oxygen atoms in total. The van der Waals surface area contributed by atoms with Gasteiger partial charge >= 0.3 is 6.03 Å². The lowest BCUT2D eigenvalue weighted by atomic mass is 10.2. The van der Waals surface area contributed by atoms with Crippen LogP contribution in [0.5, 0.6) is 11.5 Å². The van der Waals surface area contributed by atoms with Crippen LogP contribution in [0.15, 0.2) is 48.5 Å². The molecule has 0 fully saturated rings. The van der Waals surface area contributed by atoms with E-state index in [2.05, 4.69) is 15.7 Å². The van der Waals surface area contributed by atoms with Crippen molar-refractivity contribution in [3.8, 4) is 17.2 Å². The lowest BCUT2D eigenvalue weighted by Gasteiger charge is -2.12. The van der Waals surface area contributed by atoms with Gasteiger partial charge in [0.15, 0.2) is 11.5 Å². The number of aryl methyl sites for hydroxylation is 2. The van der Waals surface area contributed by atoms with Crippen LogP contribution >= 0.6 is 0 Å². The Morgan fingerprint density at radius 1 is 1.04 bits per heavy atom. The first-order chi connectivity index (χ1) is 13.5. The number of benzene rings is 2. The topological polar surface area (TPSA) is 77.4 Å². The average Bonchev–Trinajstić information content (AvgIpc) is 3.04. The number of hydrogen-bond acceptors (Lipinski definition) is 4. The van der Waals surface area contributed by atoms with E-state index >= 15 is 0 Å². The first-order valence-electron chi connectivity index (χ1n) is 8.89. The first kappa shape index (κ1) is 19.3. The number of nitrogens with zero attached hydrogens (tertiary/aromatic N) is 2. The number of ether oxygens (including phenoxy) is 2. The third kappa shape index (κ3) is 4.43. The minimum atomic E-state index is -0.291. The molecule has 146 valence electrons. The highest BCUT2D eigenvalue weighted by Gasteiger charge is 2.08. The van der Waals surface area contributed by atoms with Crippen LogP contribution in [-0.4, -0.2) is 30.0 Å². The number of aromatic nitrogens is 2. The fourth-order valence-corrected chi connectivity index (χ4v) is 2.95. The quantitative estimate of drug-likeness (QED) is 0.681. The molecule has 3 rings (SSSR count). The second kappa shape index (κ2) is 8.47. The van der Waals surface area contributed by atoms with Gasteiger partial charge in [-0.05, 0) is 55.8 Å². The highest BCUT2D eigenvalue weighted by molar-refractivity contribution is 5.89. The second-order valence-electron chi connectivity index (χ2n) is 6.39. The molecule has 1 heterocycles. The molecule has 0 aliphatic rings. The number of rotatable bonds is 6. The van der Waals surface area contributed by atoms with E-state index < -0.39 is 0 Å². The smallest absolute Gasteiger partial charge is 0.319 e. The number of methoxy groups -OCH3 is 2. The van der Waals surface area contributed by atoms with Gasteiger partial charge in [0.1, 0.15) is 0 Å². The molecule has 28 heavy (non-hydrogen) atoms. The van der Waals surface area contributed by atoms with Crippen LogP contribution in [0.4, 0.5) is 10.5 Å². The molecule has 3 aromatic rings. The van der Waals surface area contributed by atoms with Crippen LogP contribution in [0, 0.1) is 13.8 Å². The van der Waals surface area contributed by atoms with Crippen molar-refractivity contribution in [3.63, 3.8) is 0 Å². The summed E-state index contributed by atoms with van der Waals surface area (Å²) in [5.74, 6) is 1.27. The lowest BCUT2D eigenvalue weighted by Crippen LogP contribution is -2.28. The summed E-state index contributed by atoms with van der Waals surface area (Å²) in [6, 6.07) is 14.8. The zero-order chi connectivity index (χ0) is 20.1. The third-order valence-corrected chi connectivity index (χ3v) is 4.26. The van der Waals surface area contributed by atoms with Crippen LogP contribution in [0.1, 0.15) is 17.0 Å². The van der Waals surface area contributed by atoms with Gasteiger partial charge in [-0.25, -0.2) is 9.48 Å². The number of carbonyl (C=O) groups excluding carboxylic acids is 1. The summed E-state index contributed by atoms with van der Waals surface area (Å²) in [6.45, 7) is 4.31. The molecule has 0 atom stereocenters. The average molecular weight is 380 g/mol. The van der Waals surface area contributed by atoms with Crippen molar-refractivity contribution < 1.29 is 14.3 Å². The SMILES string of the molecule is COc1ccc(CNC(=O)Nc2cccc(-n3nc(C)cc3C)c2)cc1OC. The van der Waals surface area contributed by atoms with Gasteiger partial charge in [-0.15, -0.1) is 0 Å². The van der Waals surface area contributed by atoms with Crippen LogP contribution < -0.4 is 20.1 Å². The van der Waals surface area contributed by atoms with Gasteiger partial charge in [-0.1, -0.05) is 12.1 Å². The van der Waals surface area contributed by atoms with Gasteiger partial charge in [0.05, 0.1) is 25.6 Å². The number of anilines is 1. The highest BCUT2D eigenvalue weighted by atomic mass is 16.5. The number of nitrogens with one attached hydrogen (secondary N) is 2. The molecule has 0 bridgehead atoms. The zero-order valence-electron chi connectivity index (χ0n) is 16.4. The van der Waals surface area contributed by atoms with Crippen molar-refractivity contribution >= 4 is 11.7 Å². The van der Waals surface area contributed by atoms with E-state index in [0.29, 0.717) is 23.7 Å². The van der Waals surface area contributed by atoms with Crippen molar-refractivity contribution in [1.82, 2.24) is 15.1 Å². The largest absolute Gasteiger partial charge is 0.493 e. The van der Waals surface area contributed by atoms with Crippen molar-refractivity contribution in [2.45, 2.75) is 20.4 Å². The van der Waals surface area contributed by atoms with E-state index in [0.717, 1.165) is 22.6 Å². The predicted molar refractivity (Wildman–Crippen MR) is 108 cm³/mol. The minimum Gasteiger partial charge on any atom is -0.493 e. The molecule has 2 aromatic carbocycles. The minimum absolute atomic E-state index is 0.291. The summed E-state index contributed by atoms with van der Waals surface area (Å²) in [4.78, 5) is 12.3. The van der Waals surface area contributed by atoms with E-state index in [1.54, 1.807) is 14.2 Å². The number of amides is 2.